The minimum Gasteiger partial charge on any atom is -0.398 e. The standard InChI is InChI=1S/C12H15N3O2/c1-12(6-10(16)15-11(12)17)14-7-8-4-2-3-5-9(8)13/h2-5,14H,6-7,13H2,1H3,(H,15,16,17). The smallest absolute Gasteiger partial charge is 0.247 e. The minimum absolute atomic E-state index is 0.165. The Labute approximate surface area is 99.4 Å². The van der Waals surface area contributed by atoms with E-state index in [4.69, 9.17) is 5.73 Å². The number of imide groups is 1. The predicted octanol–water partition coefficient (Wildman–Crippen LogP) is 0.164. The fourth-order valence-electron chi connectivity index (χ4n) is 1.84. The average Bonchev–Trinajstić information content (AvgIpc) is 2.52. The number of hydrogen-bond acceptors (Lipinski definition) is 4. The molecule has 1 aliphatic heterocycles. The summed E-state index contributed by atoms with van der Waals surface area (Å²) in [7, 11) is 0. The van der Waals surface area contributed by atoms with Gasteiger partial charge in [-0.05, 0) is 18.6 Å². The minimum atomic E-state index is -0.834. The number of rotatable bonds is 3. The highest BCUT2D eigenvalue weighted by atomic mass is 16.2. The van der Waals surface area contributed by atoms with Crippen molar-refractivity contribution in [2.45, 2.75) is 25.4 Å². The highest BCUT2D eigenvalue weighted by molar-refractivity contribution is 6.08. The second-order valence-corrected chi connectivity index (χ2v) is 4.44. The number of amides is 2. The number of nitrogens with one attached hydrogen (secondary N) is 2. The number of anilines is 1. The molecule has 1 aliphatic rings. The second-order valence-electron chi connectivity index (χ2n) is 4.44. The van der Waals surface area contributed by atoms with Gasteiger partial charge in [0.05, 0.1) is 6.42 Å². The lowest BCUT2D eigenvalue weighted by Crippen LogP contribution is -2.48. The Morgan fingerprint density at radius 3 is 2.71 bits per heavy atom. The quantitative estimate of drug-likeness (QED) is 0.513. The van der Waals surface area contributed by atoms with Crippen molar-refractivity contribution in [3.63, 3.8) is 0 Å². The van der Waals surface area contributed by atoms with Gasteiger partial charge in [0.15, 0.2) is 0 Å². The largest absolute Gasteiger partial charge is 0.398 e. The van der Waals surface area contributed by atoms with Crippen LogP contribution in [0.15, 0.2) is 24.3 Å². The predicted molar refractivity (Wildman–Crippen MR) is 63.9 cm³/mol. The molecular weight excluding hydrogens is 218 g/mol. The lowest BCUT2D eigenvalue weighted by atomic mass is 10.00. The fourth-order valence-corrected chi connectivity index (χ4v) is 1.84. The molecule has 4 N–H and O–H groups in total. The van der Waals surface area contributed by atoms with E-state index in [9.17, 15) is 9.59 Å². The third kappa shape index (κ3) is 2.29. The van der Waals surface area contributed by atoms with E-state index in [-0.39, 0.29) is 18.2 Å². The molecule has 1 aromatic rings. The molecule has 1 heterocycles. The molecule has 17 heavy (non-hydrogen) atoms. The van der Waals surface area contributed by atoms with Crippen molar-refractivity contribution in [2.75, 3.05) is 5.73 Å². The van der Waals surface area contributed by atoms with Crippen LogP contribution in [0.4, 0.5) is 5.69 Å². The molecule has 1 aromatic carbocycles. The van der Waals surface area contributed by atoms with Crippen molar-refractivity contribution in [2.24, 2.45) is 0 Å². The molecule has 1 atom stereocenters. The second kappa shape index (κ2) is 4.18. The molecule has 0 aromatic heterocycles. The number of nitrogen functional groups attached to an aromatic ring is 1. The van der Waals surface area contributed by atoms with E-state index in [1.807, 2.05) is 18.2 Å². The van der Waals surface area contributed by atoms with E-state index in [1.165, 1.54) is 0 Å². The normalized spacial score (nSPS) is 23.8. The third-order valence-electron chi connectivity index (χ3n) is 2.99. The van der Waals surface area contributed by atoms with Gasteiger partial charge in [-0.25, -0.2) is 0 Å². The summed E-state index contributed by atoms with van der Waals surface area (Å²) in [6.45, 7) is 2.18. The van der Waals surface area contributed by atoms with Crippen molar-refractivity contribution in [1.29, 1.82) is 0 Å². The van der Waals surface area contributed by atoms with Gasteiger partial charge in [0.1, 0.15) is 5.54 Å². The van der Waals surface area contributed by atoms with Gasteiger partial charge in [-0.15, -0.1) is 0 Å². The summed E-state index contributed by atoms with van der Waals surface area (Å²) in [5.74, 6) is -0.525. The molecule has 0 radical (unpaired) electrons. The van der Waals surface area contributed by atoms with E-state index in [2.05, 4.69) is 10.6 Å². The Hall–Kier alpha value is -1.88. The molecule has 0 saturated carbocycles. The maximum absolute atomic E-state index is 11.6. The van der Waals surface area contributed by atoms with Crippen LogP contribution in [0.5, 0.6) is 0 Å². The molecule has 0 bridgehead atoms. The monoisotopic (exact) mass is 233 g/mol. The van der Waals surface area contributed by atoms with Crippen LogP contribution >= 0.6 is 0 Å². The van der Waals surface area contributed by atoms with Gasteiger partial charge in [-0.1, -0.05) is 18.2 Å². The van der Waals surface area contributed by atoms with E-state index in [1.54, 1.807) is 13.0 Å². The Morgan fingerprint density at radius 2 is 2.12 bits per heavy atom. The summed E-state index contributed by atoms with van der Waals surface area (Å²) in [5, 5.41) is 5.37. The van der Waals surface area contributed by atoms with Crippen LogP contribution in [-0.2, 0) is 16.1 Å². The summed E-state index contributed by atoms with van der Waals surface area (Å²) in [6, 6.07) is 7.43. The van der Waals surface area contributed by atoms with E-state index in [0.29, 0.717) is 12.2 Å². The van der Waals surface area contributed by atoms with E-state index >= 15 is 0 Å². The summed E-state index contributed by atoms with van der Waals surface area (Å²) in [4.78, 5) is 22.7. The third-order valence-corrected chi connectivity index (χ3v) is 2.99. The van der Waals surface area contributed by atoms with Gasteiger partial charge in [0, 0.05) is 12.2 Å². The Morgan fingerprint density at radius 1 is 1.41 bits per heavy atom. The molecule has 5 nitrogen and oxygen atoms in total. The highest BCUT2D eigenvalue weighted by Crippen LogP contribution is 2.18. The molecule has 2 rings (SSSR count). The molecule has 0 spiro atoms. The van der Waals surface area contributed by atoms with Crippen LogP contribution in [0.2, 0.25) is 0 Å². The van der Waals surface area contributed by atoms with Crippen LogP contribution in [-0.4, -0.2) is 17.4 Å². The van der Waals surface area contributed by atoms with Crippen LogP contribution in [0, 0.1) is 0 Å². The Balaban J connectivity index is 2.06. The van der Waals surface area contributed by atoms with E-state index in [0.717, 1.165) is 5.56 Å². The van der Waals surface area contributed by atoms with Gasteiger partial charge < -0.3 is 5.73 Å². The number of carbonyl (C=O) groups excluding carboxylic acids is 2. The Kier molecular flexibility index (Phi) is 2.85. The first kappa shape index (κ1) is 11.6. The molecule has 1 fully saturated rings. The maximum Gasteiger partial charge on any atom is 0.247 e. The number of nitrogens with two attached hydrogens (primary N) is 1. The summed E-state index contributed by atoms with van der Waals surface area (Å²) in [6.07, 6.45) is 0.165. The van der Waals surface area contributed by atoms with Gasteiger partial charge >= 0.3 is 0 Å². The first-order valence-electron chi connectivity index (χ1n) is 5.44. The zero-order valence-corrected chi connectivity index (χ0v) is 9.62. The lowest BCUT2D eigenvalue weighted by molar-refractivity contribution is -0.126. The molecule has 90 valence electrons. The molecule has 2 amide bonds. The van der Waals surface area contributed by atoms with Gasteiger partial charge in [0.2, 0.25) is 11.8 Å². The zero-order chi connectivity index (χ0) is 12.5. The van der Waals surface area contributed by atoms with Gasteiger partial charge in [-0.3, -0.25) is 20.2 Å². The first-order valence-corrected chi connectivity index (χ1v) is 5.44. The van der Waals surface area contributed by atoms with Gasteiger partial charge in [0.25, 0.3) is 0 Å². The van der Waals surface area contributed by atoms with Crippen molar-refractivity contribution in [1.82, 2.24) is 10.6 Å². The maximum atomic E-state index is 11.6. The van der Waals surface area contributed by atoms with Crippen molar-refractivity contribution < 1.29 is 9.59 Å². The topological polar surface area (TPSA) is 84.2 Å². The fraction of sp³-hybridized carbons (Fsp3) is 0.333. The highest BCUT2D eigenvalue weighted by Gasteiger charge is 2.42. The molecular formula is C12H15N3O2. The SMILES string of the molecule is CC1(NCc2ccccc2N)CC(=O)NC1=O. The van der Waals surface area contributed by atoms with Crippen molar-refractivity contribution in [3.05, 3.63) is 29.8 Å². The van der Waals surface area contributed by atoms with Gasteiger partial charge in [-0.2, -0.15) is 0 Å². The molecule has 5 heteroatoms. The molecule has 1 unspecified atom stereocenters. The first-order chi connectivity index (χ1) is 8.01. The van der Waals surface area contributed by atoms with Crippen LogP contribution < -0.4 is 16.4 Å². The van der Waals surface area contributed by atoms with Crippen LogP contribution in [0.25, 0.3) is 0 Å². The number of para-hydroxylation sites is 1. The summed E-state index contributed by atoms with van der Waals surface area (Å²) in [5.41, 5.74) is 6.56. The number of benzene rings is 1. The van der Waals surface area contributed by atoms with Crippen LogP contribution in [0.3, 0.4) is 0 Å². The molecule has 1 saturated heterocycles. The average molecular weight is 233 g/mol. The summed E-state index contributed by atoms with van der Waals surface area (Å²) < 4.78 is 0. The van der Waals surface area contributed by atoms with E-state index < -0.39 is 5.54 Å². The summed E-state index contributed by atoms with van der Waals surface area (Å²) >= 11 is 0. The Bertz CT molecular complexity index is 473. The van der Waals surface area contributed by atoms with Crippen LogP contribution in [0.1, 0.15) is 18.9 Å². The number of hydrogen-bond donors (Lipinski definition) is 3. The van der Waals surface area contributed by atoms with Crippen molar-refractivity contribution in [3.8, 4) is 0 Å². The molecule has 0 aliphatic carbocycles. The van der Waals surface area contributed by atoms with Crippen molar-refractivity contribution >= 4 is 17.5 Å². The lowest BCUT2D eigenvalue weighted by Gasteiger charge is -2.21. The number of carbonyl (C=O) groups is 2. The zero-order valence-electron chi connectivity index (χ0n) is 9.62.